The molecule has 0 amide bonds. The molecule has 0 unspecified atom stereocenters. The van der Waals surface area contributed by atoms with Gasteiger partial charge in [-0.2, -0.15) is 0 Å². The summed E-state index contributed by atoms with van der Waals surface area (Å²) in [5, 5.41) is 0. The molecule has 2 saturated carbocycles. The molecule has 2 aliphatic rings. The van der Waals surface area contributed by atoms with E-state index in [1.165, 1.54) is 12.8 Å². The average molecular weight is 276 g/mol. The van der Waals surface area contributed by atoms with Gasteiger partial charge in [0, 0.05) is 12.3 Å². The van der Waals surface area contributed by atoms with Gasteiger partial charge in [-0.3, -0.25) is 4.79 Å². The number of hydrogen-bond acceptors (Lipinski definition) is 1. The van der Waals surface area contributed by atoms with Crippen molar-refractivity contribution in [1.82, 2.24) is 0 Å². The number of hydrogen-bond donors (Lipinski definition) is 0. The van der Waals surface area contributed by atoms with Crippen molar-refractivity contribution in [2.75, 3.05) is 0 Å². The number of Topliss-reactive ketones (excluding diaryl/α,β-unsaturated/α-hetero) is 1. The van der Waals surface area contributed by atoms with Crippen molar-refractivity contribution in [3.8, 4) is 0 Å². The topological polar surface area (TPSA) is 17.1 Å². The molecule has 114 valence electrons. The minimum Gasteiger partial charge on any atom is -0.299 e. The maximum atomic E-state index is 12.2. The summed E-state index contributed by atoms with van der Waals surface area (Å²) in [5.41, 5.74) is 0.278. The predicted molar refractivity (Wildman–Crippen MR) is 85.5 cm³/mol. The molecule has 20 heavy (non-hydrogen) atoms. The van der Waals surface area contributed by atoms with Crippen LogP contribution < -0.4 is 0 Å². The van der Waals surface area contributed by atoms with Gasteiger partial charge >= 0.3 is 0 Å². The van der Waals surface area contributed by atoms with Crippen LogP contribution in [0.2, 0.25) is 0 Å². The van der Waals surface area contributed by atoms with Gasteiger partial charge in [0.25, 0.3) is 0 Å². The molecule has 0 aromatic heterocycles. The maximum Gasteiger partial charge on any atom is 0.136 e. The van der Waals surface area contributed by atoms with Gasteiger partial charge in [-0.1, -0.05) is 46.8 Å². The maximum absolute atomic E-state index is 12.2. The fourth-order valence-electron chi connectivity index (χ4n) is 4.54. The minimum atomic E-state index is 0.278. The van der Waals surface area contributed by atoms with Crippen molar-refractivity contribution < 1.29 is 4.79 Å². The molecule has 0 aromatic rings. The number of carbonyl (C=O) groups is 1. The molecule has 0 aromatic carbocycles. The summed E-state index contributed by atoms with van der Waals surface area (Å²) < 4.78 is 0. The minimum absolute atomic E-state index is 0.278. The van der Waals surface area contributed by atoms with E-state index in [0.29, 0.717) is 35.4 Å². The van der Waals surface area contributed by atoms with Crippen LogP contribution in [0.5, 0.6) is 0 Å². The molecular formula is C19H32O. The first-order valence-electron chi connectivity index (χ1n) is 8.57. The lowest BCUT2D eigenvalue weighted by Gasteiger charge is -2.41. The monoisotopic (exact) mass is 276 g/mol. The molecule has 0 saturated heterocycles. The van der Waals surface area contributed by atoms with E-state index >= 15 is 0 Å². The molecule has 0 radical (unpaired) electrons. The van der Waals surface area contributed by atoms with Crippen LogP contribution in [0.15, 0.2) is 12.2 Å². The lowest BCUT2D eigenvalue weighted by atomic mass is 9.62. The van der Waals surface area contributed by atoms with Crippen LogP contribution >= 0.6 is 0 Å². The van der Waals surface area contributed by atoms with Gasteiger partial charge < -0.3 is 0 Å². The van der Waals surface area contributed by atoms with Crippen molar-refractivity contribution in [3.05, 3.63) is 12.2 Å². The van der Waals surface area contributed by atoms with Crippen LogP contribution in [0.1, 0.15) is 66.7 Å². The zero-order chi connectivity index (χ0) is 14.9. The van der Waals surface area contributed by atoms with E-state index in [0.717, 1.165) is 19.3 Å². The third-order valence-corrected chi connectivity index (χ3v) is 6.34. The van der Waals surface area contributed by atoms with Crippen LogP contribution in [0.3, 0.4) is 0 Å². The number of rotatable bonds is 4. The Balaban J connectivity index is 2.07. The van der Waals surface area contributed by atoms with Crippen molar-refractivity contribution in [2.45, 2.75) is 66.7 Å². The van der Waals surface area contributed by atoms with Crippen LogP contribution in [0, 0.1) is 35.0 Å². The third-order valence-electron chi connectivity index (χ3n) is 6.34. The molecule has 2 aliphatic carbocycles. The fraction of sp³-hybridized carbons (Fsp3) is 0.842. The van der Waals surface area contributed by atoms with Gasteiger partial charge in [0.2, 0.25) is 0 Å². The van der Waals surface area contributed by atoms with Crippen LogP contribution in [-0.2, 0) is 4.79 Å². The first-order valence-corrected chi connectivity index (χ1v) is 8.57. The highest BCUT2D eigenvalue weighted by Gasteiger charge is 2.51. The number of carbonyl (C=O) groups excluding carboxylic acids is 1. The molecular weight excluding hydrogens is 244 g/mol. The Kier molecular flexibility index (Phi) is 4.76. The highest BCUT2D eigenvalue weighted by atomic mass is 16.1. The van der Waals surface area contributed by atoms with Gasteiger partial charge in [-0.05, 0) is 54.8 Å². The van der Waals surface area contributed by atoms with Crippen molar-refractivity contribution in [1.29, 1.82) is 0 Å². The zero-order valence-corrected chi connectivity index (χ0v) is 14.0. The molecule has 2 fully saturated rings. The summed E-state index contributed by atoms with van der Waals surface area (Å²) in [6, 6.07) is 0. The molecule has 0 N–H and O–H groups in total. The SMILES string of the molecule is CC(C)[C@@H](C)C=C[C@@H](C)[C@H]1CC[C@H]2C(=O)CCC[C@]12C. The zero-order valence-electron chi connectivity index (χ0n) is 14.0. The molecule has 2 rings (SSSR count). The molecule has 1 heteroatoms. The van der Waals surface area contributed by atoms with Gasteiger partial charge in [0.1, 0.15) is 5.78 Å². The standard InChI is InChI=1S/C19H32O/c1-13(2)14(3)8-9-15(4)16-10-11-17-18(20)7-6-12-19(16,17)5/h8-9,13-17H,6-7,10-12H2,1-5H3/t14-,15+,16+,17-,19+/m0/s1. The largest absolute Gasteiger partial charge is 0.299 e. The highest BCUT2D eigenvalue weighted by molar-refractivity contribution is 5.83. The first kappa shape index (κ1) is 15.8. The van der Waals surface area contributed by atoms with Gasteiger partial charge in [-0.15, -0.1) is 0 Å². The second kappa shape index (κ2) is 6.03. The third kappa shape index (κ3) is 2.87. The van der Waals surface area contributed by atoms with E-state index < -0.39 is 0 Å². The molecule has 1 nitrogen and oxygen atoms in total. The van der Waals surface area contributed by atoms with Crippen LogP contribution in [0.4, 0.5) is 0 Å². The van der Waals surface area contributed by atoms with Crippen molar-refractivity contribution in [2.24, 2.45) is 35.0 Å². The summed E-state index contributed by atoms with van der Waals surface area (Å²) in [6.45, 7) is 11.6. The first-order chi connectivity index (χ1) is 9.36. The molecule has 0 bridgehead atoms. The number of fused-ring (bicyclic) bond motifs is 1. The lowest BCUT2D eigenvalue weighted by Crippen LogP contribution is -2.39. The lowest BCUT2D eigenvalue weighted by molar-refractivity contribution is -0.129. The van der Waals surface area contributed by atoms with E-state index in [9.17, 15) is 4.79 Å². The predicted octanol–water partition coefficient (Wildman–Crippen LogP) is 5.26. The summed E-state index contributed by atoms with van der Waals surface area (Å²) in [5.74, 6) is 3.58. The van der Waals surface area contributed by atoms with E-state index in [1.807, 2.05) is 0 Å². The second-order valence-corrected chi connectivity index (χ2v) is 7.91. The molecule has 5 atom stereocenters. The summed E-state index contributed by atoms with van der Waals surface area (Å²) in [4.78, 5) is 12.2. The molecule has 0 heterocycles. The average Bonchev–Trinajstić information content (AvgIpc) is 2.74. The van der Waals surface area contributed by atoms with Crippen LogP contribution in [0.25, 0.3) is 0 Å². The summed E-state index contributed by atoms with van der Waals surface area (Å²) in [7, 11) is 0. The quantitative estimate of drug-likeness (QED) is 0.640. The fourth-order valence-corrected chi connectivity index (χ4v) is 4.54. The number of ketones is 1. The van der Waals surface area contributed by atoms with Gasteiger partial charge in [-0.25, -0.2) is 0 Å². The second-order valence-electron chi connectivity index (χ2n) is 7.91. The Morgan fingerprint density at radius 2 is 1.85 bits per heavy atom. The number of allylic oxidation sites excluding steroid dienone is 2. The van der Waals surface area contributed by atoms with E-state index in [-0.39, 0.29) is 5.41 Å². The van der Waals surface area contributed by atoms with Crippen molar-refractivity contribution in [3.63, 3.8) is 0 Å². The Labute approximate surface area is 125 Å². The Hall–Kier alpha value is -0.590. The Morgan fingerprint density at radius 1 is 1.15 bits per heavy atom. The highest BCUT2D eigenvalue weighted by Crippen LogP contribution is 2.56. The van der Waals surface area contributed by atoms with Gasteiger partial charge in [0.15, 0.2) is 0 Å². The smallest absolute Gasteiger partial charge is 0.136 e. The Morgan fingerprint density at radius 3 is 2.50 bits per heavy atom. The Bertz CT molecular complexity index is 381. The van der Waals surface area contributed by atoms with E-state index in [1.54, 1.807) is 0 Å². The van der Waals surface area contributed by atoms with Crippen LogP contribution in [-0.4, -0.2) is 5.78 Å². The normalized spacial score (nSPS) is 37.4. The molecule has 0 aliphatic heterocycles. The molecule has 0 spiro atoms. The van der Waals surface area contributed by atoms with E-state index in [2.05, 4.69) is 46.8 Å². The summed E-state index contributed by atoms with van der Waals surface area (Å²) >= 11 is 0. The summed E-state index contributed by atoms with van der Waals surface area (Å²) in [6.07, 6.45) is 10.4. The van der Waals surface area contributed by atoms with Gasteiger partial charge in [0.05, 0.1) is 0 Å². The van der Waals surface area contributed by atoms with Crippen molar-refractivity contribution >= 4 is 5.78 Å². The van der Waals surface area contributed by atoms with E-state index in [4.69, 9.17) is 0 Å².